The molecule has 0 spiro atoms. The molecule has 0 saturated carbocycles. The summed E-state index contributed by atoms with van der Waals surface area (Å²) in [6.45, 7) is 0. The Morgan fingerprint density at radius 1 is 1.18 bits per heavy atom. The molecule has 0 saturated heterocycles. The summed E-state index contributed by atoms with van der Waals surface area (Å²) in [6.07, 6.45) is -3.88. The molecule has 0 fully saturated rings. The molecule has 0 bridgehead atoms. The quantitative estimate of drug-likeness (QED) is 0.807. The van der Waals surface area contributed by atoms with Gasteiger partial charge >= 0.3 is 12.2 Å². The minimum absolute atomic E-state index is 0.0940. The first-order valence-corrected chi connectivity index (χ1v) is 4.80. The lowest BCUT2D eigenvalue weighted by molar-refractivity contribution is -0.141. The van der Waals surface area contributed by atoms with E-state index in [0.717, 1.165) is 0 Å². The maximum absolute atomic E-state index is 12.3. The maximum Gasteiger partial charge on any atom is 0.436 e. The van der Waals surface area contributed by atoms with Crippen molar-refractivity contribution in [1.29, 1.82) is 0 Å². The molecule has 2 aromatic rings. The zero-order chi connectivity index (χ0) is 12.5. The van der Waals surface area contributed by atoms with E-state index in [0.29, 0.717) is 12.0 Å². The van der Waals surface area contributed by atoms with Gasteiger partial charge in [0.2, 0.25) is 0 Å². The van der Waals surface area contributed by atoms with Gasteiger partial charge in [-0.15, -0.1) is 0 Å². The van der Waals surface area contributed by atoms with Crippen LogP contribution in [0.5, 0.6) is 0 Å². The molecule has 90 valence electrons. The second kappa shape index (κ2) is 4.12. The molecule has 1 heterocycles. The van der Waals surface area contributed by atoms with Crippen LogP contribution in [-0.2, 0) is 6.18 Å². The normalized spacial score (nSPS) is 11.5. The standard InChI is InChI=1S/C11H9F3N2O/c1-16(8-5-3-2-4-6-8)10-15-9(7-17-10)11(12,13)14/h2-7H,1H3. The van der Waals surface area contributed by atoms with Gasteiger partial charge in [0, 0.05) is 12.7 Å². The zero-order valence-corrected chi connectivity index (χ0v) is 8.90. The van der Waals surface area contributed by atoms with Crippen LogP contribution in [-0.4, -0.2) is 12.0 Å². The summed E-state index contributed by atoms with van der Waals surface area (Å²) in [6, 6.07) is 8.77. The van der Waals surface area contributed by atoms with Crippen molar-refractivity contribution >= 4 is 11.7 Å². The number of nitrogens with zero attached hydrogens (tertiary/aromatic N) is 2. The molecule has 0 radical (unpaired) electrons. The van der Waals surface area contributed by atoms with Gasteiger partial charge in [0.25, 0.3) is 0 Å². The number of para-hydroxylation sites is 1. The predicted octanol–water partition coefficient (Wildman–Crippen LogP) is 3.46. The summed E-state index contributed by atoms with van der Waals surface area (Å²) in [5.74, 6) is 0. The zero-order valence-electron chi connectivity index (χ0n) is 8.90. The van der Waals surface area contributed by atoms with Crippen molar-refractivity contribution in [2.24, 2.45) is 0 Å². The molecule has 0 atom stereocenters. The first-order valence-electron chi connectivity index (χ1n) is 4.80. The van der Waals surface area contributed by atoms with Crippen LogP contribution in [0.25, 0.3) is 0 Å². The van der Waals surface area contributed by atoms with Crippen molar-refractivity contribution in [2.75, 3.05) is 11.9 Å². The Hall–Kier alpha value is -1.98. The molecule has 17 heavy (non-hydrogen) atoms. The van der Waals surface area contributed by atoms with E-state index in [1.54, 1.807) is 31.3 Å². The van der Waals surface area contributed by atoms with Gasteiger partial charge in [-0.05, 0) is 12.1 Å². The highest BCUT2D eigenvalue weighted by atomic mass is 19.4. The Morgan fingerprint density at radius 3 is 2.35 bits per heavy atom. The van der Waals surface area contributed by atoms with E-state index in [-0.39, 0.29) is 6.01 Å². The Bertz CT molecular complexity index is 493. The molecule has 0 unspecified atom stereocenters. The molecular weight excluding hydrogens is 233 g/mol. The van der Waals surface area contributed by atoms with Crippen LogP contribution in [0, 0.1) is 0 Å². The average molecular weight is 242 g/mol. The summed E-state index contributed by atoms with van der Waals surface area (Å²) in [5.41, 5.74) is -0.335. The maximum atomic E-state index is 12.3. The molecule has 0 N–H and O–H groups in total. The minimum Gasteiger partial charge on any atom is -0.431 e. The van der Waals surface area contributed by atoms with Gasteiger partial charge in [0.15, 0.2) is 5.69 Å². The van der Waals surface area contributed by atoms with Crippen LogP contribution in [0.1, 0.15) is 5.69 Å². The summed E-state index contributed by atoms with van der Waals surface area (Å²) >= 11 is 0. The fourth-order valence-corrected chi connectivity index (χ4v) is 1.31. The van der Waals surface area contributed by atoms with Gasteiger partial charge in [-0.1, -0.05) is 18.2 Å². The monoisotopic (exact) mass is 242 g/mol. The fraction of sp³-hybridized carbons (Fsp3) is 0.182. The number of oxazole rings is 1. The molecule has 1 aromatic heterocycles. The van der Waals surface area contributed by atoms with E-state index in [4.69, 9.17) is 4.42 Å². The molecule has 0 aliphatic rings. The van der Waals surface area contributed by atoms with Gasteiger partial charge < -0.3 is 4.42 Å². The average Bonchev–Trinajstić information content (AvgIpc) is 2.78. The van der Waals surface area contributed by atoms with E-state index in [9.17, 15) is 13.2 Å². The number of rotatable bonds is 2. The molecule has 3 nitrogen and oxygen atoms in total. The molecule has 1 aromatic carbocycles. The van der Waals surface area contributed by atoms with Crippen molar-refractivity contribution in [1.82, 2.24) is 4.98 Å². The number of hydrogen-bond acceptors (Lipinski definition) is 3. The van der Waals surface area contributed by atoms with Gasteiger partial charge in [-0.2, -0.15) is 18.2 Å². The van der Waals surface area contributed by atoms with Gasteiger partial charge in [-0.25, -0.2) is 0 Å². The van der Waals surface area contributed by atoms with Crippen LogP contribution < -0.4 is 4.90 Å². The Morgan fingerprint density at radius 2 is 1.82 bits per heavy atom. The van der Waals surface area contributed by atoms with Crippen LogP contribution >= 0.6 is 0 Å². The third kappa shape index (κ3) is 2.41. The first kappa shape index (κ1) is 11.5. The topological polar surface area (TPSA) is 29.3 Å². The number of halogens is 3. The number of benzene rings is 1. The highest BCUT2D eigenvalue weighted by Gasteiger charge is 2.35. The number of aromatic nitrogens is 1. The fourth-order valence-electron chi connectivity index (χ4n) is 1.31. The van der Waals surface area contributed by atoms with Crippen molar-refractivity contribution < 1.29 is 17.6 Å². The largest absolute Gasteiger partial charge is 0.436 e. The third-order valence-electron chi connectivity index (χ3n) is 2.21. The molecule has 0 amide bonds. The van der Waals surface area contributed by atoms with E-state index in [1.165, 1.54) is 4.90 Å². The highest BCUT2D eigenvalue weighted by molar-refractivity contribution is 5.54. The molecule has 0 aliphatic carbocycles. The lowest BCUT2D eigenvalue weighted by Crippen LogP contribution is -2.11. The Balaban J connectivity index is 2.27. The first-order chi connectivity index (χ1) is 7.98. The number of alkyl halides is 3. The van der Waals surface area contributed by atoms with Gasteiger partial charge in [0.05, 0.1) is 0 Å². The predicted molar refractivity (Wildman–Crippen MR) is 56.0 cm³/mol. The van der Waals surface area contributed by atoms with Crippen LogP contribution in [0.4, 0.5) is 24.9 Å². The second-order valence-corrected chi connectivity index (χ2v) is 3.41. The number of anilines is 2. The van der Waals surface area contributed by atoms with E-state index >= 15 is 0 Å². The highest BCUT2D eigenvalue weighted by Crippen LogP contribution is 2.31. The van der Waals surface area contributed by atoms with E-state index in [2.05, 4.69) is 4.98 Å². The van der Waals surface area contributed by atoms with Gasteiger partial charge in [0.1, 0.15) is 6.26 Å². The summed E-state index contributed by atoms with van der Waals surface area (Å²) in [7, 11) is 1.58. The lowest BCUT2D eigenvalue weighted by Gasteiger charge is -2.13. The van der Waals surface area contributed by atoms with E-state index in [1.807, 2.05) is 6.07 Å². The summed E-state index contributed by atoms with van der Waals surface area (Å²) in [4.78, 5) is 4.83. The van der Waals surface area contributed by atoms with Crippen molar-refractivity contribution in [3.8, 4) is 0 Å². The van der Waals surface area contributed by atoms with Crippen molar-refractivity contribution in [3.05, 3.63) is 42.3 Å². The van der Waals surface area contributed by atoms with Crippen molar-refractivity contribution in [2.45, 2.75) is 6.18 Å². The SMILES string of the molecule is CN(c1ccccc1)c1nc(C(F)(F)F)co1. The van der Waals surface area contributed by atoms with Gasteiger partial charge in [-0.3, -0.25) is 4.90 Å². The third-order valence-corrected chi connectivity index (χ3v) is 2.21. The molecular formula is C11H9F3N2O. The van der Waals surface area contributed by atoms with Crippen molar-refractivity contribution in [3.63, 3.8) is 0 Å². The lowest BCUT2D eigenvalue weighted by atomic mass is 10.3. The summed E-state index contributed by atoms with van der Waals surface area (Å²) < 4.78 is 41.8. The van der Waals surface area contributed by atoms with E-state index < -0.39 is 11.9 Å². The summed E-state index contributed by atoms with van der Waals surface area (Å²) in [5, 5.41) is 0. The molecule has 2 rings (SSSR count). The van der Waals surface area contributed by atoms with Crippen LogP contribution in [0.2, 0.25) is 0 Å². The van der Waals surface area contributed by atoms with Crippen LogP contribution in [0.3, 0.4) is 0 Å². The number of hydrogen-bond donors (Lipinski definition) is 0. The Labute approximate surface area is 95.5 Å². The Kier molecular flexibility index (Phi) is 2.79. The smallest absolute Gasteiger partial charge is 0.431 e. The van der Waals surface area contributed by atoms with Crippen LogP contribution in [0.15, 0.2) is 41.0 Å². The molecule has 0 aliphatic heterocycles. The second-order valence-electron chi connectivity index (χ2n) is 3.41. The molecule has 6 heteroatoms. The minimum atomic E-state index is -4.49.